The lowest BCUT2D eigenvalue weighted by Crippen LogP contribution is -2.42. The molecule has 1 atom stereocenters. The normalized spacial score (nSPS) is 26.9. The molecule has 0 aliphatic heterocycles. The van der Waals surface area contributed by atoms with Crippen molar-refractivity contribution in [2.45, 2.75) is 39.7 Å². The first kappa shape index (κ1) is 11.3. The molecule has 80 valence electrons. The lowest BCUT2D eigenvalue weighted by Gasteiger charge is -2.31. The third-order valence-corrected chi connectivity index (χ3v) is 2.66. The van der Waals surface area contributed by atoms with Crippen LogP contribution in [0.1, 0.15) is 34.1 Å². The van der Waals surface area contributed by atoms with E-state index in [1.165, 1.54) is 11.3 Å². The fourth-order valence-electron chi connectivity index (χ4n) is 2.04. The minimum atomic E-state index is 0.151. The first-order chi connectivity index (χ1) is 6.61. The van der Waals surface area contributed by atoms with Crippen molar-refractivity contribution in [2.24, 2.45) is 0 Å². The molecule has 2 N–H and O–H groups in total. The number of nitrogens with one attached hydrogen (secondary N) is 2. The summed E-state index contributed by atoms with van der Waals surface area (Å²) in [5, 5.41) is 6.88. The molecule has 0 aromatic heterocycles. The molecule has 0 amide bonds. The largest absolute Gasteiger partial charge is 0.385 e. The van der Waals surface area contributed by atoms with E-state index in [1.54, 1.807) is 0 Å². The van der Waals surface area contributed by atoms with E-state index in [1.807, 2.05) is 0 Å². The van der Waals surface area contributed by atoms with E-state index in [0.29, 0.717) is 0 Å². The Labute approximate surface area is 87.5 Å². The molecule has 0 fully saturated rings. The van der Waals surface area contributed by atoms with Gasteiger partial charge in [-0.05, 0) is 45.4 Å². The average molecular weight is 194 g/mol. The Kier molecular flexibility index (Phi) is 3.76. The van der Waals surface area contributed by atoms with Crippen LogP contribution in [0.2, 0.25) is 0 Å². The first-order valence-corrected chi connectivity index (χ1v) is 5.49. The third kappa shape index (κ3) is 2.61. The number of hydrogen-bond acceptors (Lipinski definition) is 2. The van der Waals surface area contributed by atoms with Gasteiger partial charge in [0.15, 0.2) is 0 Å². The highest BCUT2D eigenvalue weighted by Gasteiger charge is 2.23. The average Bonchev–Trinajstić information content (AvgIpc) is 2.10. The molecule has 2 heteroatoms. The van der Waals surface area contributed by atoms with Gasteiger partial charge >= 0.3 is 0 Å². The zero-order valence-electron chi connectivity index (χ0n) is 9.78. The second-order valence-electron chi connectivity index (χ2n) is 4.18. The maximum absolute atomic E-state index is 3.51. The molecule has 14 heavy (non-hydrogen) atoms. The van der Waals surface area contributed by atoms with Gasteiger partial charge in [-0.25, -0.2) is 0 Å². The third-order valence-electron chi connectivity index (χ3n) is 2.66. The molecule has 2 nitrogen and oxygen atoms in total. The molecule has 0 saturated heterocycles. The van der Waals surface area contributed by atoms with Crippen molar-refractivity contribution in [3.8, 4) is 0 Å². The molecule has 0 heterocycles. The lowest BCUT2D eigenvalue weighted by atomic mass is 9.87. The molecule has 0 aromatic rings. The van der Waals surface area contributed by atoms with Crippen molar-refractivity contribution in [1.82, 2.24) is 10.6 Å². The Morgan fingerprint density at radius 3 is 2.57 bits per heavy atom. The summed E-state index contributed by atoms with van der Waals surface area (Å²) >= 11 is 0. The van der Waals surface area contributed by atoms with Gasteiger partial charge in [-0.1, -0.05) is 13.0 Å². The highest BCUT2D eigenvalue weighted by Crippen LogP contribution is 2.25. The summed E-state index contributed by atoms with van der Waals surface area (Å²) < 4.78 is 0. The van der Waals surface area contributed by atoms with Crippen LogP contribution >= 0.6 is 0 Å². The Hall–Kier alpha value is -0.760. The predicted molar refractivity (Wildman–Crippen MR) is 62.2 cm³/mol. The fourth-order valence-corrected chi connectivity index (χ4v) is 2.04. The molecule has 0 radical (unpaired) electrons. The monoisotopic (exact) mass is 194 g/mol. The van der Waals surface area contributed by atoms with Crippen LogP contribution in [0.25, 0.3) is 0 Å². The zero-order valence-corrected chi connectivity index (χ0v) is 9.78. The van der Waals surface area contributed by atoms with Crippen LogP contribution in [0.3, 0.4) is 0 Å². The van der Waals surface area contributed by atoms with E-state index in [2.05, 4.69) is 50.5 Å². The lowest BCUT2D eigenvalue weighted by molar-refractivity contribution is 0.437. The Bertz CT molecular complexity index is 253. The summed E-state index contributed by atoms with van der Waals surface area (Å²) in [6.45, 7) is 10.8. The van der Waals surface area contributed by atoms with Crippen molar-refractivity contribution >= 4 is 0 Å². The number of rotatable bonds is 4. The topological polar surface area (TPSA) is 24.1 Å². The van der Waals surface area contributed by atoms with Crippen LogP contribution in [-0.2, 0) is 0 Å². The second-order valence-corrected chi connectivity index (χ2v) is 4.18. The van der Waals surface area contributed by atoms with Gasteiger partial charge in [0.25, 0.3) is 0 Å². The van der Waals surface area contributed by atoms with Crippen molar-refractivity contribution in [3.05, 3.63) is 23.4 Å². The summed E-state index contributed by atoms with van der Waals surface area (Å²) in [6.07, 6.45) is 5.56. The number of allylic oxidation sites excluding steroid dienone is 1. The van der Waals surface area contributed by atoms with Gasteiger partial charge in [-0.3, -0.25) is 0 Å². The fraction of sp³-hybridized carbons (Fsp3) is 0.667. The molecule has 0 aromatic carbocycles. The Morgan fingerprint density at radius 1 is 1.36 bits per heavy atom. The van der Waals surface area contributed by atoms with Crippen LogP contribution in [0.15, 0.2) is 23.4 Å². The van der Waals surface area contributed by atoms with E-state index >= 15 is 0 Å². The highest BCUT2D eigenvalue weighted by molar-refractivity contribution is 5.32. The first-order valence-electron chi connectivity index (χ1n) is 5.49. The summed E-state index contributed by atoms with van der Waals surface area (Å²) in [4.78, 5) is 0. The van der Waals surface area contributed by atoms with Crippen LogP contribution in [0.5, 0.6) is 0 Å². The minimum Gasteiger partial charge on any atom is -0.385 e. The maximum Gasteiger partial charge on any atom is 0.0377 e. The van der Waals surface area contributed by atoms with Gasteiger partial charge in [0.2, 0.25) is 0 Å². The summed E-state index contributed by atoms with van der Waals surface area (Å²) in [5.41, 5.74) is 2.89. The van der Waals surface area contributed by atoms with Gasteiger partial charge in [0, 0.05) is 17.8 Å². The molecule has 1 aliphatic carbocycles. The van der Waals surface area contributed by atoms with Gasteiger partial charge < -0.3 is 10.6 Å². The molecule has 0 saturated carbocycles. The molecule has 0 bridgehead atoms. The van der Waals surface area contributed by atoms with Gasteiger partial charge in [-0.15, -0.1) is 0 Å². The molecule has 0 spiro atoms. The highest BCUT2D eigenvalue weighted by atomic mass is 15.0. The molecular weight excluding hydrogens is 172 g/mol. The van der Waals surface area contributed by atoms with E-state index < -0.39 is 0 Å². The molecule has 1 aliphatic rings. The zero-order chi connectivity index (χ0) is 10.6. The Balaban J connectivity index is 2.69. The van der Waals surface area contributed by atoms with Crippen molar-refractivity contribution in [1.29, 1.82) is 0 Å². The van der Waals surface area contributed by atoms with E-state index in [9.17, 15) is 0 Å². The molecular formula is C12H22N2. The van der Waals surface area contributed by atoms with Gasteiger partial charge in [0.1, 0.15) is 0 Å². The van der Waals surface area contributed by atoms with Crippen LogP contribution in [0, 0.1) is 0 Å². The van der Waals surface area contributed by atoms with Crippen LogP contribution < -0.4 is 10.6 Å². The Morgan fingerprint density at radius 2 is 2.07 bits per heavy atom. The quantitative estimate of drug-likeness (QED) is 0.717. The van der Waals surface area contributed by atoms with E-state index in [4.69, 9.17) is 0 Å². The minimum absolute atomic E-state index is 0.151. The van der Waals surface area contributed by atoms with Crippen molar-refractivity contribution < 1.29 is 0 Å². The summed E-state index contributed by atoms with van der Waals surface area (Å²) in [7, 11) is 0. The van der Waals surface area contributed by atoms with Crippen molar-refractivity contribution in [3.63, 3.8) is 0 Å². The summed E-state index contributed by atoms with van der Waals surface area (Å²) in [5.74, 6) is 0. The molecule has 1 rings (SSSR count). The second kappa shape index (κ2) is 4.65. The number of likely N-dealkylation sites (N-methyl/N-ethyl adjacent to an activating group) is 2. The van der Waals surface area contributed by atoms with Crippen LogP contribution in [0.4, 0.5) is 0 Å². The van der Waals surface area contributed by atoms with E-state index in [0.717, 1.165) is 19.5 Å². The maximum atomic E-state index is 3.51. The van der Waals surface area contributed by atoms with E-state index in [-0.39, 0.29) is 5.54 Å². The van der Waals surface area contributed by atoms with Crippen LogP contribution in [-0.4, -0.2) is 18.6 Å². The molecule has 1 unspecified atom stereocenters. The smallest absolute Gasteiger partial charge is 0.0377 e. The standard InChI is InChI=1S/C12H22N2/c1-5-13-11-7-8-12(4,14-6-2)9-10(11)3/h7-8,13-14H,5-6,9H2,1-4H3. The van der Waals surface area contributed by atoms with Gasteiger partial charge in [0.05, 0.1) is 0 Å². The van der Waals surface area contributed by atoms with Gasteiger partial charge in [-0.2, -0.15) is 0 Å². The number of hydrogen-bond donors (Lipinski definition) is 2. The summed E-state index contributed by atoms with van der Waals surface area (Å²) in [6, 6.07) is 0. The van der Waals surface area contributed by atoms with Crippen molar-refractivity contribution in [2.75, 3.05) is 13.1 Å². The SMILES string of the molecule is CCNC1=C(C)CC(C)(NCC)C=C1. The predicted octanol–water partition coefficient (Wildman–Crippen LogP) is 2.20.